The maximum atomic E-state index is 12.4. The van der Waals surface area contributed by atoms with Crippen LogP contribution in [0.25, 0.3) is 0 Å². The molecule has 0 aromatic heterocycles. The maximum absolute atomic E-state index is 12.4. The Morgan fingerprint density at radius 3 is 2.61 bits per heavy atom. The van der Waals surface area contributed by atoms with E-state index in [4.69, 9.17) is 0 Å². The smallest absolute Gasteiger partial charge is 0.406 e. The number of halogens is 3. The highest BCUT2D eigenvalue weighted by atomic mass is 19.4. The Kier molecular flexibility index (Phi) is 6.72. The van der Waals surface area contributed by atoms with E-state index in [0.717, 1.165) is 57.4 Å². The third-order valence-corrected chi connectivity index (χ3v) is 4.15. The first kappa shape index (κ1) is 18.1. The van der Waals surface area contributed by atoms with Gasteiger partial charge in [0.25, 0.3) is 0 Å². The van der Waals surface area contributed by atoms with E-state index >= 15 is 0 Å². The van der Waals surface area contributed by atoms with Crippen LogP contribution < -0.4 is 10.1 Å². The second-order valence-corrected chi connectivity index (χ2v) is 5.92. The third kappa shape index (κ3) is 6.03. The van der Waals surface area contributed by atoms with Crippen molar-refractivity contribution < 1.29 is 17.9 Å². The van der Waals surface area contributed by atoms with Crippen LogP contribution in [-0.4, -0.2) is 37.4 Å². The monoisotopic (exact) mass is 330 g/mol. The number of hydrogen-bond acceptors (Lipinski definition) is 3. The molecule has 0 unspecified atom stereocenters. The zero-order valence-corrected chi connectivity index (χ0v) is 13.5. The number of hydrogen-bond donors (Lipinski definition) is 1. The largest absolute Gasteiger partial charge is 0.573 e. The van der Waals surface area contributed by atoms with Gasteiger partial charge in [0.05, 0.1) is 0 Å². The lowest BCUT2D eigenvalue weighted by Crippen LogP contribution is -2.45. The van der Waals surface area contributed by atoms with Crippen LogP contribution in [0.4, 0.5) is 13.2 Å². The number of piperazine rings is 1. The number of unbranched alkanes of at least 4 members (excludes halogenated alkanes) is 2. The zero-order chi connectivity index (χ0) is 16.7. The molecule has 1 N–H and O–H groups in total. The van der Waals surface area contributed by atoms with Gasteiger partial charge in [0, 0.05) is 32.2 Å². The first-order chi connectivity index (χ1) is 11.0. The van der Waals surface area contributed by atoms with Crippen LogP contribution in [0.15, 0.2) is 24.3 Å². The van der Waals surface area contributed by atoms with E-state index in [-0.39, 0.29) is 11.8 Å². The molecule has 3 nitrogen and oxygen atoms in total. The van der Waals surface area contributed by atoms with Crippen molar-refractivity contribution in [2.45, 2.75) is 45.0 Å². The molecule has 1 heterocycles. The second-order valence-electron chi connectivity index (χ2n) is 5.92. The number of nitrogens with zero attached hydrogens (tertiary/aromatic N) is 1. The average Bonchev–Trinajstić information content (AvgIpc) is 2.51. The van der Waals surface area contributed by atoms with Crippen molar-refractivity contribution in [1.82, 2.24) is 10.2 Å². The lowest BCUT2D eigenvalue weighted by Gasteiger charge is -2.35. The van der Waals surface area contributed by atoms with Gasteiger partial charge in [0.1, 0.15) is 5.75 Å². The molecule has 2 rings (SSSR count). The molecule has 0 saturated carbocycles. The zero-order valence-electron chi connectivity index (χ0n) is 13.5. The quantitative estimate of drug-likeness (QED) is 0.762. The van der Waals surface area contributed by atoms with Crippen LogP contribution in [0.1, 0.15) is 44.2 Å². The van der Waals surface area contributed by atoms with Gasteiger partial charge in [-0.2, -0.15) is 0 Å². The van der Waals surface area contributed by atoms with Crippen molar-refractivity contribution in [3.63, 3.8) is 0 Å². The van der Waals surface area contributed by atoms with E-state index in [1.807, 2.05) is 6.07 Å². The Balaban J connectivity index is 2.14. The third-order valence-electron chi connectivity index (χ3n) is 4.15. The van der Waals surface area contributed by atoms with Gasteiger partial charge in [0.2, 0.25) is 0 Å². The molecule has 6 heteroatoms. The van der Waals surface area contributed by atoms with Gasteiger partial charge < -0.3 is 10.1 Å². The molecule has 1 aromatic rings. The minimum atomic E-state index is -4.65. The Labute approximate surface area is 135 Å². The fourth-order valence-electron chi connectivity index (χ4n) is 3.06. The minimum absolute atomic E-state index is 0.134. The van der Waals surface area contributed by atoms with Crippen LogP contribution in [0.3, 0.4) is 0 Å². The average molecular weight is 330 g/mol. The molecular weight excluding hydrogens is 305 g/mol. The van der Waals surface area contributed by atoms with Crippen molar-refractivity contribution in [2.24, 2.45) is 0 Å². The summed E-state index contributed by atoms with van der Waals surface area (Å²) >= 11 is 0. The molecule has 1 aliphatic heterocycles. The lowest BCUT2D eigenvalue weighted by atomic mass is 9.98. The normalized spacial score (nSPS) is 17.9. The van der Waals surface area contributed by atoms with E-state index < -0.39 is 6.36 Å². The summed E-state index contributed by atoms with van der Waals surface area (Å²) in [5.41, 5.74) is 0.907. The van der Waals surface area contributed by atoms with Crippen LogP contribution in [0, 0.1) is 0 Å². The summed E-state index contributed by atoms with van der Waals surface area (Å²) in [6, 6.07) is 6.59. The van der Waals surface area contributed by atoms with Crippen molar-refractivity contribution in [3.05, 3.63) is 29.8 Å². The predicted octanol–water partition coefficient (Wildman–Crippen LogP) is 4.11. The molecule has 1 saturated heterocycles. The first-order valence-electron chi connectivity index (χ1n) is 8.30. The van der Waals surface area contributed by atoms with Gasteiger partial charge in [-0.05, 0) is 24.1 Å². The van der Waals surface area contributed by atoms with Crippen LogP contribution in [-0.2, 0) is 0 Å². The van der Waals surface area contributed by atoms with Gasteiger partial charge in [0.15, 0.2) is 0 Å². The van der Waals surface area contributed by atoms with Crippen LogP contribution in [0.5, 0.6) is 5.75 Å². The molecule has 23 heavy (non-hydrogen) atoms. The first-order valence-corrected chi connectivity index (χ1v) is 8.30. The van der Waals surface area contributed by atoms with Crippen molar-refractivity contribution in [1.29, 1.82) is 0 Å². The highest BCUT2D eigenvalue weighted by molar-refractivity contribution is 5.31. The number of nitrogens with one attached hydrogen (secondary N) is 1. The summed E-state index contributed by atoms with van der Waals surface area (Å²) in [6.45, 7) is 5.83. The van der Waals surface area contributed by atoms with Gasteiger partial charge in [-0.15, -0.1) is 13.2 Å². The fourth-order valence-corrected chi connectivity index (χ4v) is 3.06. The summed E-state index contributed by atoms with van der Waals surface area (Å²) < 4.78 is 41.4. The van der Waals surface area contributed by atoms with E-state index in [1.165, 1.54) is 12.1 Å². The highest BCUT2D eigenvalue weighted by Gasteiger charge is 2.31. The maximum Gasteiger partial charge on any atom is 0.573 e. The predicted molar refractivity (Wildman–Crippen MR) is 84.5 cm³/mol. The molecule has 0 spiro atoms. The summed E-state index contributed by atoms with van der Waals surface area (Å²) in [4.78, 5) is 2.36. The number of alkyl halides is 3. The van der Waals surface area contributed by atoms with Crippen molar-refractivity contribution >= 4 is 0 Å². The number of benzene rings is 1. The van der Waals surface area contributed by atoms with Crippen LogP contribution in [0.2, 0.25) is 0 Å². The highest BCUT2D eigenvalue weighted by Crippen LogP contribution is 2.31. The molecule has 130 valence electrons. The summed E-state index contributed by atoms with van der Waals surface area (Å²) in [5.74, 6) is -0.134. The van der Waals surface area contributed by atoms with Crippen LogP contribution >= 0.6 is 0 Å². The number of rotatable bonds is 7. The molecule has 0 radical (unpaired) electrons. The summed E-state index contributed by atoms with van der Waals surface area (Å²) in [6.07, 6.45) is -0.336. The summed E-state index contributed by atoms with van der Waals surface area (Å²) in [5, 5.41) is 3.32. The molecule has 1 fully saturated rings. The molecular formula is C17H25F3N2O. The molecule has 0 aliphatic carbocycles. The van der Waals surface area contributed by atoms with E-state index in [0.29, 0.717) is 0 Å². The Morgan fingerprint density at radius 2 is 1.96 bits per heavy atom. The molecule has 1 aromatic carbocycles. The second kappa shape index (κ2) is 8.55. The van der Waals surface area contributed by atoms with Gasteiger partial charge in [-0.25, -0.2) is 0 Å². The van der Waals surface area contributed by atoms with E-state index in [1.54, 1.807) is 6.07 Å². The SMILES string of the molecule is CCCCC[C@H](c1cccc(OC(F)(F)F)c1)N1CCNCC1. The fraction of sp³-hybridized carbons (Fsp3) is 0.647. The Hall–Kier alpha value is -1.27. The van der Waals surface area contributed by atoms with Gasteiger partial charge in [-0.3, -0.25) is 4.90 Å². The minimum Gasteiger partial charge on any atom is -0.406 e. The molecule has 1 atom stereocenters. The topological polar surface area (TPSA) is 24.5 Å². The Bertz CT molecular complexity index is 473. The summed E-state index contributed by atoms with van der Waals surface area (Å²) in [7, 11) is 0. The standard InChI is InChI=1S/C17H25F3N2O/c1-2-3-4-8-16(22-11-9-21-10-12-22)14-6-5-7-15(13-14)23-17(18,19)20/h5-7,13,16,21H,2-4,8-12H2,1H3/t16-/m1/s1. The van der Waals surface area contributed by atoms with E-state index in [2.05, 4.69) is 21.9 Å². The van der Waals surface area contributed by atoms with E-state index in [9.17, 15) is 13.2 Å². The lowest BCUT2D eigenvalue weighted by molar-refractivity contribution is -0.274. The van der Waals surface area contributed by atoms with Gasteiger partial charge >= 0.3 is 6.36 Å². The molecule has 0 bridgehead atoms. The van der Waals surface area contributed by atoms with Crippen molar-refractivity contribution in [3.8, 4) is 5.75 Å². The molecule has 0 amide bonds. The van der Waals surface area contributed by atoms with Crippen molar-refractivity contribution in [2.75, 3.05) is 26.2 Å². The molecule has 1 aliphatic rings. The number of ether oxygens (including phenoxy) is 1. The Morgan fingerprint density at radius 1 is 1.22 bits per heavy atom. The van der Waals surface area contributed by atoms with Gasteiger partial charge in [-0.1, -0.05) is 38.3 Å².